The highest BCUT2D eigenvalue weighted by atomic mass is 32.1. The minimum atomic E-state index is -0.701. The lowest BCUT2D eigenvalue weighted by molar-refractivity contribution is -0.150. The van der Waals surface area contributed by atoms with Gasteiger partial charge in [0.05, 0.1) is 17.9 Å². The molecule has 0 spiro atoms. The second kappa shape index (κ2) is 17.0. The van der Waals surface area contributed by atoms with Crippen LogP contribution in [-0.2, 0) is 31.9 Å². The van der Waals surface area contributed by atoms with Gasteiger partial charge in [0.1, 0.15) is 12.1 Å². The molecule has 50 heavy (non-hydrogen) atoms. The molecule has 0 fully saturated rings. The fourth-order valence-electron chi connectivity index (χ4n) is 5.67. The smallest absolute Gasteiger partial charge is 0.329 e. The predicted octanol–water partition coefficient (Wildman–Crippen LogP) is 7.69. The topological polar surface area (TPSA) is 101 Å². The number of fused-ring (bicyclic) bond motifs is 2. The Bertz CT molecular complexity index is 1970. The summed E-state index contributed by atoms with van der Waals surface area (Å²) in [6.07, 6.45) is 0.269. The van der Waals surface area contributed by atoms with Gasteiger partial charge >= 0.3 is 11.9 Å². The minimum Gasteiger partial charge on any atom is -0.461 e. The average molecular weight is 707 g/mol. The molecule has 5 rings (SSSR count). The van der Waals surface area contributed by atoms with Crippen LogP contribution in [-0.4, -0.2) is 46.5 Å². The largest absolute Gasteiger partial charge is 0.461 e. The number of thiocarbonyl (C=S) groups is 2. The molecule has 2 unspecified atom stereocenters. The van der Waals surface area contributed by atoms with Crippen molar-refractivity contribution < 1.29 is 19.1 Å². The van der Waals surface area contributed by atoms with Crippen LogP contribution in [0.1, 0.15) is 38.8 Å². The zero-order valence-corrected chi connectivity index (χ0v) is 30.2. The maximum atomic E-state index is 13.2. The quantitative estimate of drug-likeness (QED) is 0.0587. The summed E-state index contributed by atoms with van der Waals surface area (Å²) in [5.41, 5.74) is 3.48. The first kappa shape index (κ1) is 36.2. The van der Waals surface area contributed by atoms with Crippen molar-refractivity contribution in [2.24, 2.45) is 0 Å². The summed E-state index contributed by atoms with van der Waals surface area (Å²) in [4.78, 5) is 26.3. The van der Waals surface area contributed by atoms with E-state index in [0.717, 1.165) is 44.0 Å². The fraction of sp³-hybridized carbons (Fsp3) is 0.250. The average Bonchev–Trinajstić information content (AvgIpc) is 3.08. The van der Waals surface area contributed by atoms with Crippen LogP contribution in [0.5, 0.6) is 0 Å². The van der Waals surface area contributed by atoms with Crippen molar-refractivity contribution in [3.05, 3.63) is 120 Å². The van der Waals surface area contributed by atoms with Crippen LogP contribution in [0.25, 0.3) is 21.5 Å². The molecule has 8 nitrogen and oxygen atoms in total. The summed E-state index contributed by atoms with van der Waals surface area (Å²) in [6.45, 7) is 7.29. The van der Waals surface area contributed by atoms with E-state index in [2.05, 4.69) is 27.3 Å². The van der Waals surface area contributed by atoms with Gasteiger partial charge in [0.15, 0.2) is 10.2 Å². The van der Waals surface area contributed by atoms with Crippen LogP contribution < -0.4 is 21.3 Å². The monoisotopic (exact) mass is 706 g/mol. The zero-order chi connectivity index (χ0) is 35.6. The van der Waals surface area contributed by atoms with Crippen LogP contribution in [0.3, 0.4) is 0 Å². The molecule has 0 saturated carbocycles. The number of ether oxygens (including phenoxy) is 2. The highest BCUT2D eigenvalue weighted by Crippen LogP contribution is 2.36. The Morgan fingerprint density at radius 1 is 0.580 bits per heavy atom. The van der Waals surface area contributed by atoms with Gasteiger partial charge in [0.25, 0.3) is 0 Å². The number of esters is 2. The van der Waals surface area contributed by atoms with Gasteiger partial charge in [-0.25, -0.2) is 9.59 Å². The van der Waals surface area contributed by atoms with E-state index in [1.165, 1.54) is 0 Å². The van der Waals surface area contributed by atoms with Gasteiger partial charge in [-0.15, -0.1) is 0 Å². The van der Waals surface area contributed by atoms with Crippen LogP contribution in [0, 0.1) is 0 Å². The van der Waals surface area contributed by atoms with E-state index < -0.39 is 12.1 Å². The molecule has 0 heterocycles. The zero-order valence-electron chi connectivity index (χ0n) is 28.6. The first-order valence-electron chi connectivity index (χ1n) is 16.7. The van der Waals surface area contributed by atoms with Crippen molar-refractivity contribution in [2.75, 3.05) is 10.6 Å². The summed E-state index contributed by atoms with van der Waals surface area (Å²) in [5, 5.41) is 17.4. The van der Waals surface area contributed by atoms with E-state index in [-0.39, 0.29) is 34.4 Å². The molecule has 0 aliphatic heterocycles. The molecule has 0 radical (unpaired) electrons. The van der Waals surface area contributed by atoms with E-state index in [1.54, 1.807) is 0 Å². The first-order chi connectivity index (χ1) is 24.1. The molecular weight excluding hydrogens is 665 g/mol. The van der Waals surface area contributed by atoms with E-state index in [0.29, 0.717) is 12.8 Å². The van der Waals surface area contributed by atoms with Crippen LogP contribution in [0.15, 0.2) is 109 Å². The van der Waals surface area contributed by atoms with Crippen molar-refractivity contribution >= 4 is 79.5 Å². The molecule has 258 valence electrons. The summed E-state index contributed by atoms with van der Waals surface area (Å²) in [7, 11) is 0. The number of nitrogens with one attached hydrogen (secondary N) is 4. The summed E-state index contributed by atoms with van der Waals surface area (Å²) in [5.74, 6) is -0.765. The van der Waals surface area contributed by atoms with Crippen LogP contribution >= 0.6 is 24.4 Å². The Hall–Kier alpha value is -5.06. The standard InChI is InChI=1S/C40H42N4O4S2/c1-25(2)47-37(45)34(22-27-14-7-5-8-15-27)42-39(49)41-33-21-13-20-31-32(33)24-29-18-11-12-19-30(29)36(31)44-40(50)43-35(38(46)48-26(3)4)23-28-16-9-6-10-17-28/h5-21,24-26,34-35H,22-23H2,1-4H3,(H2,41,42,49)(H2,43,44,50). The Morgan fingerprint density at radius 2 is 1.06 bits per heavy atom. The van der Waals surface area contributed by atoms with Gasteiger partial charge < -0.3 is 30.7 Å². The third-order valence-electron chi connectivity index (χ3n) is 7.84. The van der Waals surface area contributed by atoms with Crippen molar-refractivity contribution in [1.82, 2.24) is 10.6 Å². The highest BCUT2D eigenvalue weighted by Gasteiger charge is 2.25. The van der Waals surface area contributed by atoms with Crippen LogP contribution in [0.2, 0.25) is 0 Å². The molecule has 2 atom stereocenters. The van der Waals surface area contributed by atoms with E-state index in [9.17, 15) is 9.59 Å². The number of benzene rings is 5. The maximum Gasteiger partial charge on any atom is 0.329 e. The summed E-state index contributed by atoms with van der Waals surface area (Å²) in [6, 6.07) is 34.0. The summed E-state index contributed by atoms with van der Waals surface area (Å²) < 4.78 is 11.1. The van der Waals surface area contributed by atoms with Gasteiger partial charge in [0, 0.05) is 34.7 Å². The Labute approximate surface area is 303 Å². The number of hydrogen-bond donors (Lipinski definition) is 4. The molecule has 5 aromatic rings. The molecule has 0 amide bonds. The number of rotatable bonds is 12. The molecule has 10 heteroatoms. The maximum absolute atomic E-state index is 13.2. The Kier molecular flexibility index (Phi) is 12.4. The van der Waals surface area contributed by atoms with E-state index in [4.69, 9.17) is 33.9 Å². The summed E-state index contributed by atoms with van der Waals surface area (Å²) >= 11 is 11.6. The Balaban J connectivity index is 1.42. The number of carbonyl (C=O) groups is 2. The highest BCUT2D eigenvalue weighted by molar-refractivity contribution is 7.80. The SMILES string of the molecule is CC(C)OC(=O)C(Cc1ccccc1)NC(=S)Nc1cccc2c(NC(=S)NC(Cc3ccccc3)C(=O)OC(C)C)c3ccccc3cc12. The van der Waals surface area contributed by atoms with E-state index >= 15 is 0 Å². The van der Waals surface area contributed by atoms with Gasteiger partial charge in [-0.05, 0) is 80.8 Å². The molecule has 0 saturated heterocycles. The molecule has 5 aromatic carbocycles. The molecule has 0 aliphatic rings. The van der Waals surface area contributed by atoms with Crippen molar-refractivity contribution in [3.63, 3.8) is 0 Å². The van der Waals surface area contributed by atoms with Gasteiger partial charge in [-0.3, -0.25) is 0 Å². The molecule has 4 N–H and O–H groups in total. The number of anilines is 2. The molecule has 0 aromatic heterocycles. The minimum absolute atomic E-state index is 0.267. The van der Waals surface area contributed by atoms with Crippen molar-refractivity contribution in [3.8, 4) is 0 Å². The number of carbonyl (C=O) groups excluding carboxylic acids is 2. The third kappa shape index (κ3) is 9.77. The first-order valence-corrected chi connectivity index (χ1v) is 17.5. The van der Waals surface area contributed by atoms with Crippen molar-refractivity contribution in [1.29, 1.82) is 0 Å². The third-order valence-corrected chi connectivity index (χ3v) is 8.28. The van der Waals surface area contributed by atoms with Crippen molar-refractivity contribution in [2.45, 2.75) is 64.8 Å². The lowest BCUT2D eigenvalue weighted by Gasteiger charge is -2.23. The normalized spacial score (nSPS) is 12.3. The molecule has 0 bridgehead atoms. The second-order valence-electron chi connectivity index (χ2n) is 12.5. The van der Waals surface area contributed by atoms with Gasteiger partial charge in [0.2, 0.25) is 0 Å². The Morgan fingerprint density at radius 3 is 1.60 bits per heavy atom. The molecular formula is C40H42N4O4S2. The van der Waals surface area contributed by atoms with Gasteiger partial charge in [-0.1, -0.05) is 97.1 Å². The van der Waals surface area contributed by atoms with Crippen LogP contribution in [0.4, 0.5) is 11.4 Å². The fourth-order valence-corrected chi connectivity index (χ4v) is 6.17. The second-order valence-corrected chi connectivity index (χ2v) is 13.3. The predicted molar refractivity (Wildman–Crippen MR) is 210 cm³/mol. The van der Waals surface area contributed by atoms with Gasteiger partial charge in [-0.2, -0.15) is 0 Å². The number of hydrogen-bond acceptors (Lipinski definition) is 6. The lowest BCUT2D eigenvalue weighted by atomic mass is 9.99. The van der Waals surface area contributed by atoms with E-state index in [1.807, 2.05) is 131 Å². The lowest BCUT2D eigenvalue weighted by Crippen LogP contribution is -2.45. The molecule has 0 aliphatic carbocycles.